The van der Waals surface area contributed by atoms with Gasteiger partial charge in [-0.2, -0.15) is 0 Å². The second-order valence-corrected chi connectivity index (χ2v) is 7.67. The van der Waals surface area contributed by atoms with E-state index in [4.69, 9.17) is 21.1 Å². The van der Waals surface area contributed by atoms with Gasteiger partial charge in [0.2, 0.25) is 5.91 Å². The van der Waals surface area contributed by atoms with Crippen LogP contribution in [0.25, 0.3) is 6.08 Å². The van der Waals surface area contributed by atoms with Crippen molar-refractivity contribution in [3.63, 3.8) is 0 Å². The molecule has 0 aromatic heterocycles. The van der Waals surface area contributed by atoms with Gasteiger partial charge in [0.25, 0.3) is 5.91 Å². The summed E-state index contributed by atoms with van der Waals surface area (Å²) in [4.78, 5) is 27.1. The molecule has 7 heteroatoms. The van der Waals surface area contributed by atoms with Gasteiger partial charge in [0.05, 0.1) is 18.7 Å². The summed E-state index contributed by atoms with van der Waals surface area (Å²) in [5.74, 6) is 0.678. The number of anilines is 1. The van der Waals surface area contributed by atoms with Crippen LogP contribution < -0.4 is 14.8 Å². The molecule has 6 nitrogen and oxygen atoms in total. The van der Waals surface area contributed by atoms with Gasteiger partial charge in [0.15, 0.2) is 11.5 Å². The molecule has 164 valence electrons. The van der Waals surface area contributed by atoms with Gasteiger partial charge in [-0.05, 0) is 68.2 Å². The molecule has 0 atom stereocenters. The third kappa shape index (κ3) is 5.39. The van der Waals surface area contributed by atoms with Gasteiger partial charge in [-0.3, -0.25) is 9.59 Å². The zero-order valence-electron chi connectivity index (χ0n) is 18.0. The van der Waals surface area contributed by atoms with E-state index < -0.39 is 0 Å². The highest BCUT2D eigenvalue weighted by atomic mass is 35.5. The van der Waals surface area contributed by atoms with E-state index in [1.54, 1.807) is 36.4 Å². The quantitative estimate of drug-likeness (QED) is 0.616. The van der Waals surface area contributed by atoms with Crippen LogP contribution in [0.1, 0.15) is 41.3 Å². The van der Waals surface area contributed by atoms with E-state index in [1.165, 1.54) is 13.2 Å². The summed E-state index contributed by atoms with van der Waals surface area (Å²) in [5, 5.41) is 3.26. The summed E-state index contributed by atoms with van der Waals surface area (Å²) in [5.41, 5.74) is 2.69. The molecule has 2 amide bonds. The highest BCUT2D eigenvalue weighted by Crippen LogP contribution is 2.36. The Kier molecular flexibility index (Phi) is 7.58. The minimum absolute atomic E-state index is 0.0118. The van der Waals surface area contributed by atoms with Gasteiger partial charge in [-0.25, -0.2) is 0 Å². The molecule has 2 aromatic carbocycles. The molecule has 1 N–H and O–H groups in total. The monoisotopic (exact) mass is 442 g/mol. The Labute approximate surface area is 187 Å². The molecule has 1 fully saturated rings. The zero-order chi connectivity index (χ0) is 22.4. The van der Waals surface area contributed by atoms with E-state index in [9.17, 15) is 9.59 Å². The van der Waals surface area contributed by atoms with Crippen molar-refractivity contribution in [2.45, 2.75) is 26.7 Å². The molecule has 3 rings (SSSR count). The van der Waals surface area contributed by atoms with Crippen molar-refractivity contribution in [1.29, 1.82) is 0 Å². The molecule has 0 saturated carbocycles. The van der Waals surface area contributed by atoms with Crippen LogP contribution >= 0.6 is 11.6 Å². The van der Waals surface area contributed by atoms with Crippen LogP contribution in [0, 0.1) is 6.92 Å². The van der Waals surface area contributed by atoms with Crippen molar-refractivity contribution in [3.8, 4) is 11.5 Å². The molecular formula is C24H27ClN2O4. The third-order valence-electron chi connectivity index (χ3n) is 5.18. The largest absolute Gasteiger partial charge is 0.493 e. The lowest BCUT2D eigenvalue weighted by Gasteiger charge is -2.18. The van der Waals surface area contributed by atoms with Crippen molar-refractivity contribution in [3.05, 3.63) is 58.1 Å². The van der Waals surface area contributed by atoms with E-state index in [2.05, 4.69) is 5.32 Å². The molecule has 1 aliphatic rings. The third-order valence-corrected chi connectivity index (χ3v) is 5.46. The first-order valence-electron chi connectivity index (χ1n) is 10.3. The summed E-state index contributed by atoms with van der Waals surface area (Å²) < 4.78 is 10.8. The molecule has 0 spiro atoms. The number of nitrogens with zero attached hydrogens (tertiary/aromatic N) is 1. The van der Waals surface area contributed by atoms with Crippen LogP contribution in [-0.2, 0) is 4.79 Å². The van der Waals surface area contributed by atoms with Crippen molar-refractivity contribution >= 4 is 35.2 Å². The number of likely N-dealkylation sites (tertiary alicyclic amines) is 1. The maximum absolute atomic E-state index is 12.7. The normalized spacial score (nSPS) is 13.5. The number of benzene rings is 2. The number of hydrogen-bond donors (Lipinski definition) is 1. The van der Waals surface area contributed by atoms with Gasteiger partial charge < -0.3 is 19.7 Å². The lowest BCUT2D eigenvalue weighted by atomic mass is 10.1. The number of halogens is 1. The van der Waals surface area contributed by atoms with E-state index in [0.29, 0.717) is 39.9 Å². The van der Waals surface area contributed by atoms with Crippen LogP contribution in [0.2, 0.25) is 5.02 Å². The second-order valence-electron chi connectivity index (χ2n) is 7.27. The Bertz CT molecular complexity index is 997. The highest BCUT2D eigenvalue weighted by Gasteiger charge is 2.21. The van der Waals surface area contributed by atoms with E-state index in [1.807, 2.05) is 18.7 Å². The number of carbonyl (C=O) groups excluding carboxylic acids is 2. The van der Waals surface area contributed by atoms with Gasteiger partial charge in [0, 0.05) is 30.4 Å². The average Bonchev–Trinajstić information content (AvgIpc) is 3.30. The number of hydrogen-bond acceptors (Lipinski definition) is 4. The van der Waals surface area contributed by atoms with Crippen LogP contribution in [0.15, 0.2) is 36.4 Å². The fourth-order valence-corrected chi connectivity index (χ4v) is 3.83. The predicted molar refractivity (Wildman–Crippen MR) is 123 cm³/mol. The molecule has 0 aliphatic carbocycles. The molecule has 0 unspecified atom stereocenters. The fourth-order valence-electron chi connectivity index (χ4n) is 3.56. The lowest BCUT2D eigenvalue weighted by molar-refractivity contribution is -0.111. The molecule has 2 aromatic rings. The zero-order valence-corrected chi connectivity index (χ0v) is 18.8. The fraction of sp³-hybridized carbons (Fsp3) is 0.333. The summed E-state index contributed by atoms with van der Waals surface area (Å²) in [6.45, 7) is 5.74. The first-order chi connectivity index (χ1) is 14.9. The predicted octanol–water partition coefficient (Wildman–Crippen LogP) is 4.94. The first kappa shape index (κ1) is 22.7. The van der Waals surface area contributed by atoms with Crippen LogP contribution in [0.3, 0.4) is 0 Å². The number of carbonyl (C=O) groups is 2. The number of methoxy groups -OCH3 is 1. The van der Waals surface area contributed by atoms with E-state index in [-0.39, 0.29) is 11.8 Å². The Hall–Kier alpha value is -2.99. The minimum atomic E-state index is -0.308. The SMILES string of the molecule is CCOc1c(Cl)cc(/C=C/C(=O)Nc2cccc(C(=O)N3CCCC3)c2C)cc1OC. The Balaban J connectivity index is 1.74. The smallest absolute Gasteiger partial charge is 0.254 e. The summed E-state index contributed by atoms with van der Waals surface area (Å²) in [7, 11) is 1.54. The van der Waals surface area contributed by atoms with Crippen LogP contribution in [-0.4, -0.2) is 43.5 Å². The van der Waals surface area contributed by atoms with Gasteiger partial charge in [-0.1, -0.05) is 17.7 Å². The number of rotatable bonds is 7. The van der Waals surface area contributed by atoms with Crippen molar-refractivity contribution in [1.82, 2.24) is 4.90 Å². The summed E-state index contributed by atoms with van der Waals surface area (Å²) in [6.07, 6.45) is 5.13. The van der Waals surface area contributed by atoms with Gasteiger partial charge >= 0.3 is 0 Å². The second kappa shape index (κ2) is 10.4. The first-order valence-corrected chi connectivity index (χ1v) is 10.7. The van der Waals surface area contributed by atoms with Crippen molar-refractivity contribution in [2.24, 2.45) is 0 Å². The highest BCUT2D eigenvalue weighted by molar-refractivity contribution is 6.32. The Morgan fingerprint density at radius 1 is 1.23 bits per heavy atom. The van der Waals surface area contributed by atoms with Gasteiger partial charge in [0.1, 0.15) is 0 Å². The molecule has 31 heavy (non-hydrogen) atoms. The van der Waals surface area contributed by atoms with Crippen molar-refractivity contribution in [2.75, 3.05) is 32.1 Å². The maximum Gasteiger partial charge on any atom is 0.254 e. The number of nitrogens with one attached hydrogen (secondary N) is 1. The average molecular weight is 443 g/mol. The summed E-state index contributed by atoms with van der Waals surface area (Å²) >= 11 is 6.28. The molecular weight excluding hydrogens is 416 g/mol. The number of amides is 2. The molecule has 1 saturated heterocycles. The topological polar surface area (TPSA) is 67.9 Å². The lowest BCUT2D eigenvalue weighted by Crippen LogP contribution is -2.28. The Morgan fingerprint density at radius 2 is 1.97 bits per heavy atom. The number of ether oxygens (including phenoxy) is 2. The van der Waals surface area contributed by atoms with Crippen LogP contribution in [0.4, 0.5) is 5.69 Å². The van der Waals surface area contributed by atoms with E-state index in [0.717, 1.165) is 31.5 Å². The standard InChI is InChI=1S/C24H27ClN2O4/c1-4-31-23-19(25)14-17(15-21(23)30-3)10-11-22(28)26-20-9-7-8-18(16(20)2)24(29)27-12-5-6-13-27/h7-11,14-15H,4-6,12-13H2,1-3H3,(H,26,28)/b11-10+. The van der Waals surface area contributed by atoms with Crippen molar-refractivity contribution < 1.29 is 19.1 Å². The molecule has 1 aliphatic heterocycles. The van der Waals surface area contributed by atoms with E-state index >= 15 is 0 Å². The molecule has 0 radical (unpaired) electrons. The molecule has 1 heterocycles. The molecule has 0 bridgehead atoms. The maximum atomic E-state index is 12.7. The Morgan fingerprint density at radius 3 is 2.65 bits per heavy atom. The summed E-state index contributed by atoms with van der Waals surface area (Å²) in [6, 6.07) is 8.84. The van der Waals surface area contributed by atoms with Gasteiger partial charge in [-0.15, -0.1) is 0 Å². The van der Waals surface area contributed by atoms with Crippen LogP contribution in [0.5, 0.6) is 11.5 Å². The minimum Gasteiger partial charge on any atom is -0.493 e.